The summed E-state index contributed by atoms with van der Waals surface area (Å²) in [4.78, 5) is 4.16. The van der Waals surface area contributed by atoms with E-state index in [0.29, 0.717) is 10.6 Å². The SMILES string of the molecule is CCc1ccc(-c2nc(=S)n(C)[nH]2)o1. The maximum Gasteiger partial charge on any atom is 0.216 e. The summed E-state index contributed by atoms with van der Waals surface area (Å²) >= 11 is 4.99. The molecule has 0 spiro atoms. The minimum Gasteiger partial charge on any atom is -0.458 e. The highest BCUT2D eigenvalue weighted by molar-refractivity contribution is 7.71. The molecular formula is C9H11N3OS. The summed E-state index contributed by atoms with van der Waals surface area (Å²) in [6.07, 6.45) is 0.883. The van der Waals surface area contributed by atoms with Crippen LogP contribution in [0.5, 0.6) is 0 Å². The second-order valence-corrected chi connectivity index (χ2v) is 3.40. The Labute approximate surface area is 86.6 Å². The number of furan rings is 1. The van der Waals surface area contributed by atoms with Crippen molar-refractivity contribution in [3.63, 3.8) is 0 Å². The van der Waals surface area contributed by atoms with Crippen LogP contribution in [0.25, 0.3) is 11.6 Å². The van der Waals surface area contributed by atoms with E-state index in [0.717, 1.165) is 17.9 Å². The van der Waals surface area contributed by atoms with Crippen LogP contribution >= 0.6 is 12.2 Å². The monoisotopic (exact) mass is 209 g/mol. The average Bonchev–Trinajstić information content (AvgIpc) is 2.74. The predicted octanol–water partition coefficient (Wildman–Crippen LogP) is 2.30. The lowest BCUT2D eigenvalue weighted by Gasteiger charge is -1.90. The van der Waals surface area contributed by atoms with E-state index in [2.05, 4.69) is 10.1 Å². The molecule has 0 fully saturated rings. The smallest absolute Gasteiger partial charge is 0.216 e. The van der Waals surface area contributed by atoms with Gasteiger partial charge in [0.15, 0.2) is 11.6 Å². The van der Waals surface area contributed by atoms with Crippen molar-refractivity contribution < 1.29 is 4.42 Å². The van der Waals surface area contributed by atoms with Crippen LogP contribution in [0, 0.1) is 4.77 Å². The second-order valence-electron chi connectivity index (χ2n) is 3.03. The number of nitrogens with zero attached hydrogens (tertiary/aromatic N) is 2. The lowest BCUT2D eigenvalue weighted by atomic mass is 10.3. The molecule has 4 nitrogen and oxygen atoms in total. The molecule has 2 aromatic rings. The van der Waals surface area contributed by atoms with E-state index in [1.165, 1.54) is 0 Å². The Morgan fingerprint density at radius 3 is 2.86 bits per heavy atom. The van der Waals surface area contributed by atoms with Gasteiger partial charge >= 0.3 is 0 Å². The van der Waals surface area contributed by atoms with Gasteiger partial charge in [0.2, 0.25) is 4.77 Å². The fourth-order valence-electron chi connectivity index (χ4n) is 1.21. The molecule has 74 valence electrons. The van der Waals surface area contributed by atoms with Crippen LogP contribution in [0.1, 0.15) is 12.7 Å². The predicted molar refractivity (Wildman–Crippen MR) is 55.5 cm³/mol. The molecule has 2 rings (SSSR count). The molecule has 0 radical (unpaired) electrons. The van der Waals surface area contributed by atoms with Gasteiger partial charge < -0.3 is 4.42 Å². The Bertz CT molecular complexity index is 494. The van der Waals surface area contributed by atoms with E-state index >= 15 is 0 Å². The van der Waals surface area contributed by atoms with Crippen molar-refractivity contribution in [1.29, 1.82) is 0 Å². The molecule has 0 aromatic carbocycles. The van der Waals surface area contributed by atoms with E-state index in [9.17, 15) is 0 Å². The molecule has 5 heteroatoms. The lowest BCUT2D eigenvalue weighted by molar-refractivity contribution is 0.525. The van der Waals surface area contributed by atoms with Gasteiger partial charge in [0.05, 0.1) is 0 Å². The highest BCUT2D eigenvalue weighted by atomic mass is 32.1. The van der Waals surface area contributed by atoms with Crippen LogP contribution in [-0.2, 0) is 13.5 Å². The van der Waals surface area contributed by atoms with Gasteiger partial charge in [-0.05, 0) is 24.4 Å². The zero-order valence-corrected chi connectivity index (χ0v) is 8.89. The Morgan fingerprint density at radius 1 is 1.57 bits per heavy atom. The highest BCUT2D eigenvalue weighted by Crippen LogP contribution is 2.18. The summed E-state index contributed by atoms with van der Waals surface area (Å²) in [5.74, 6) is 2.36. The van der Waals surface area contributed by atoms with Gasteiger partial charge in [-0.1, -0.05) is 6.92 Å². The average molecular weight is 209 g/mol. The Morgan fingerprint density at radius 2 is 2.36 bits per heavy atom. The first kappa shape index (κ1) is 9.21. The number of aromatic nitrogens is 3. The first-order valence-electron chi connectivity index (χ1n) is 4.43. The normalized spacial score (nSPS) is 10.7. The van der Waals surface area contributed by atoms with Crippen molar-refractivity contribution >= 4 is 12.2 Å². The van der Waals surface area contributed by atoms with Crippen LogP contribution in [0.15, 0.2) is 16.5 Å². The Balaban J connectivity index is 2.44. The standard InChI is InChI=1S/C9H11N3OS/c1-3-6-4-5-7(13-6)8-10-9(14)12(2)11-8/h4-5H,3H2,1-2H3,(H,10,11,14). The van der Waals surface area contributed by atoms with Gasteiger partial charge in [0, 0.05) is 13.5 Å². The van der Waals surface area contributed by atoms with Crippen LogP contribution in [-0.4, -0.2) is 14.8 Å². The fourth-order valence-corrected chi connectivity index (χ4v) is 1.34. The van der Waals surface area contributed by atoms with Crippen molar-refractivity contribution in [2.24, 2.45) is 7.05 Å². The number of aromatic amines is 1. The number of H-pyrrole nitrogens is 1. The first-order chi connectivity index (χ1) is 6.70. The van der Waals surface area contributed by atoms with E-state index in [4.69, 9.17) is 16.6 Å². The third kappa shape index (κ3) is 1.50. The molecule has 0 atom stereocenters. The van der Waals surface area contributed by atoms with Gasteiger partial charge in [-0.2, -0.15) is 4.98 Å². The van der Waals surface area contributed by atoms with Crippen molar-refractivity contribution in [3.05, 3.63) is 22.7 Å². The van der Waals surface area contributed by atoms with Crippen molar-refractivity contribution in [2.45, 2.75) is 13.3 Å². The summed E-state index contributed by atoms with van der Waals surface area (Å²) in [7, 11) is 1.82. The van der Waals surface area contributed by atoms with Gasteiger partial charge in [-0.3, -0.25) is 9.78 Å². The van der Waals surface area contributed by atoms with Gasteiger partial charge in [-0.25, -0.2) is 0 Å². The summed E-state index contributed by atoms with van der Waals surface area (Å²) in [5.41, 5.74) is 0. The summed E-state index contributed by atoms with van der Waals surface area (Å²) in [6, 6.07) is 3.84. The molecule has 0 aliphatic carbocycles. The molecule has 0 aliphatic rings. The third-order valence-electron chi connectivity index (χ3n) is 2.01. The Hall–Kier alpha value is -1.36. The molecule has 14 heavy (non-hydrogen) atoms. The second kappa shape index (κ2) is 3.42. The van der Waals surface area contributed by atoms with Crippen LogP contribution in [0.4, 0.5) is 0 Å². The van der Waals surface area contributed by atoms with Crippen LogP contribution in [0.3, 0.4) is 0 Å². The third-order valence-corrected chi connectivity index (χ3v) is 2.38. The molecule has 2 heterocycles. The molecule has 0 saturated heterocycles. The maximum atomic E-state index is 5.53. The minimum absolute atomic E-state index is 0.523. The fraction of sp³-hybridized carbons (Fsp3) is 0.333. The Kier molecular flexibility index (Phi) is 2.25. The summed E-state index contributed by atoms with van der Waals surface area (Å²) in [6.45, 7) is 2.04. The minimum atomic E-state index is 0.523. The van der Waals surface area contributed by atoms with Gasteiger partial charge in [-0.15, -0.1) is 0 Å². The summed E-state index contributed by atoms with van der Waals surface area (Å²) in [5, 5.41) is 3.01. The van der Waals surface area contributed by atoms with E-state index < -0.39 is 0 Å². The zero-order valence-electron chi connectivity index (χ0n) is 8.07. The van der Waals surface area contributed by atoms with Crippen LogP contribution < -0.4 is 0 Å². The largest absolute Gasteiger partial charge is 0.458 e. The van der Waals surface area contributed by atoms with Crippen molar-refractivity contribution in [2.75, 3.05) is 0 Å². The number of hydrogen-bond acceptors (Lipinski definition) is 3. The van der Waals surface area contributed by atoms with Gasteiger partial charge in [0.1, 0.15) is 5.76 Å². The number of rotatable bonds is 2. The quantitative estimate of drug-likeness (QED) is 0.772. The van der Waals surface area contributed by atoms with Crippen LogP contribution in [0.2, 0.25) is 0 Å². The van der Waals surface area contributed by atoms with Gasteiger partial charge in [0.25, 0.3) is 0 Å². The molecule has 2 aromatic heterocycles. The maximum absolute atomic E-state index is 5.53. The molecule has 0 bridgehead atoms. The highest BCUT2D eigenvalue weighted by Gasteiger charge is 2.07. The zero-order chi connectivity index (χ0) is 10.1. The van der Waals surface area contributed by atoms with E-state index in [1.54, 1.807) is 4.68 Å². The first-order valence-corrected chi connectivity index (χ1v) is 4.83. The van der Waals surface area contributed by atoms with E-state index in [1.807, 2.05) is 26.1 Å². The molecule has 0 amide bonds. The van der Waals surface area contributed by atoms with E-state index in [-0.39, 0.29) is 0 Å². The number of aryl methyl sites for hydroxylation is 2. The molecular weight excluding hydrogens is 198 g/mol. The molecule has 0 saturated carbocycles. The number of nitrogens with one attached hydrogen (secondary N) is 1. The van der Waals surface area contributed by atoms with Crippen molar-refractivity contribution in [1.82, 2.24) is 14.8 Å². The molecule has 1 N–H and O–H groups in total. The number of hydrogen-bond donors (Lipinski definition) is 1. The lowest BCUT2D eigenvalue weighted by Crippen LogP contribution is -1.88. The molecule has 0 aliphatic heterocycles. The topological polar surface area (TPSA) is 46.8 Å². The molecule has 0 unspecified atom stereocenters. The van der Waals surface area contributed by atoms with Crippen molar-refractivity contribution in [3.8, 4) is 11.6 Å². The summed E-state index contributed by atoms with van der Waals surface area (Å²) < 4.78 is 7.74.